The molecule has 2 aliphatic carbocycles. The van der Waals surface area contributed by atoms with Gasteiger partial charge >= 0.3 is 0 Å². The lowest BCUT2D eigenvalue weighted by atomic mass is 9.85. The molecule has 2 aromatic rings. The first-order valence-corrected chi connectivity index (χ1v) is 10.6. The molecule has 5 rings (SSSR count). The second-order valence-corrected chi connectivity index (χ2v) is 8.62. The zero-order chi connectivity index (χ0) is 22.6. The van der Waals surface area contributed by atoms with Gasteiger partial charge in [0.15, 0.2) is 0 Å². The van der Waals surface area contributed by atoms with E-state index >= 15 is 0 Å². The molecule has 0 N–H and O–H groups in total. The number of imide groups is 1. The minimum atomic E-state index is -0.806. The molecule has 0 spiro atoms. The first-order chi connectivity index (χ1) is 15.4. The first kappa shape index (κ1) is 20.4. The molecule has 32 heavy (non-hydrogen) atoms. The number of para-hydroxylation sites is 1. The van der Waals surface area contributed by atoms with E-state index in [1.165, 1.54) is 24.3 Å². The van der Waals surface area contributed by atoms with Crippen LogP contribution in [0.15, 0.2) is 60.7 Å². The summed E-state index contributed by atoms with van der Waals surface area (Å²) in [4.78, 5) is 51.2. The number of nitro benzene ring substituents is 1. The van der Waals surface area contributed by atoms with Crippen LogP contribution in [0.3, 0.4) is 0 Å². The predicted octanol–water partition coefficient (Wildman–Crippen LogP) is 3.61. The van der Waals surface area contributed by atoms with Gasteiger partial charge in [-0.2, -0.15) is 5.01 Å². The molecule has 3 aliphatic rings. The summed E-state index contributed by atoms with van der Waals surface area (Å²) in [7, 11) is 0. The van der Waals surface area contributed by atoms with Crippen molar-refractivity contribution in [1.29, 1.82) is 0 Å². The number of carbonyl (C=O) groups excluding carboxylic acids is 3. The maximum atomic E-state index is 13.6. The number of nitrogens with zero attached hydrogens (tertiary/aromatic N) is 3. The van der Waals surface area contributed by atoms with Gasteiger partial charge in [-0.25, -0.2) is 5.01 Å². The van der Waals surface area contributed by atoms with Crippen molar-refractivity contribution in [3.63, 3.8) is 0 Å². The number of hydrogen-bond acceptors (Lipinski definition) is 5. The van der Waals surface area contributed by atoms with Gasteiger partial charge in [-0.15, -0.1) is 0 Å². The van der Waals surface area contributed by atoms with E-state index in [4.69, 9.17) is 11.6 Å². The number of carbonyl (C=O) groups is 3. The fourth-order valence-electron chi connectivity index (χ4n) is 5.10. The van der Waals surface area contributed by atoms with Crippen LogP contribution in [0.5, 0.6) is 0 Å². The highest BCUT2D eigenvalue weighted by Gasteiger charge is 2.61. The average Bonchev–Trinajstić information content (AvgIpc) is 3.47. The number of nitro groups is 1. The van der Waals surface area contributed by atoms with E-state index in [9.17, 15) is 24.5 Å². The van der Waals surface area contributed by atoms with Gasteiger partial charge in [0.05, 0.1) is 23.3 Å². The van der Waals surface area contributed by atoms with E-state index in [-0.39, 0.29) is 23.9 Å². The highest BCUT2D eigenvalue weighted by molar-refractivity contribution is 6.31. The van der Waals surface area contributed by atoms with Crippen LogP contribution in [0.1, 0.15) is 22.3 Å². The van der Waals surface area contributed by atoms with E-state index in [1.807, 2.05) is 12.2 Å². The molecular weight excluding hydrogens is 434 g/mol. The normalized spacial score (nSPS) is 25.3. The Kier molecular flexibility index (Phi) is 4.82. The zero-order valence-corrected chi connectivity index (χ0v) is 17.5. The topological polar surface area (TPSA) is 101 Å². The van der Waals surface area contributed by atoms with Crippen molar-refractivity contribution in [2.24, 2.45) is 23.7 Å². The second-order valence-electron chi connectivity index (χ2n) is 8.22. The number of benzene rings is 2. The first-order valence-electron chi connectivity index (χ1n) is 10.2. The molecule has 1 saturated heterocycles. The van der Waals surface area contributed by atoms with Gasteiger partial charge in [-0.05, 0) is 36.0 Å². The van der Waals surface area contributed by atoms with Crippen LogP contribution < -0.4 is 0 Å². The summed E-state index contributed by atoms with van der Waals surface area (Å²) in [6, 6.07) is 12.2. The number of hydrogen-bond donors (Lipinski definition) is 0. The maximum Gasteiger partial charge on any atom is 0.282 e. The summed E-state index contributed by atoms with van der Waals surface area (Å²) in [6.07, 6.45) is 4.68. The van der Waals surface area contributed by atoms with Crippen LogP contribution in [0.25, 0.3) is 0 Å². The van der Waals surface area contributed by atoms with Gasteiger partial charge < -0.3 is 0 Å². The Morgan fingerprint density at radius 2 is 1.62 bits per heavy atom. The molecule has 1 saturated carbocycles. The van der Waals surface area contributed by atoms with Crippen molar-refractivity contribution in [1.82, 2.24) is 10.0 Å². The maximum absolute atomic E-state index is 13.6. The number of amides is 3. The highest BCUT2D eigenvalue weighted by atomic mass is 35.5. The van der Waals surface area contributed by atoms with Crippen molar-refractivity contribution >= 4 is 35.0 Å². The van der Waals surface area contributed by atoms with E-state index < -0.39 is 40.2 Å². The fraction of sp³-hybridized carbons (Fsp3) is 0.261. The van der Waals surface area contributed by atoms with Gasteiger partial charge in [-0.1, -0.05) is 54.1 Å². The summed E-state index contributed by atoms with van der Waals surface area (Å²) in [6.45, 7) is -0.176. The Bertz CT molecular complexity index is 1170. The molecule has 1 aliphatic heterocycles. The Morgan fingerprint density at radius 1 is 1.03 bits per heavy atom. The SMILES string of the molecule is O=C(c1ccccc1[N+](=O)[O-])N(Cc1ccccc1Cl)N1C(=O)[C@H]2[C@H](C1=O)[C@H]1C=C[C@H]2C1. The smallest absolute Gasteiger partial charge is 0.272 e. The third kappa shape index (κ3) is 3.02. The largest absolute Gasteiger partial charge is 0.282 e. The van der Waals surface area contributed by atoms with Crippen LogP contribution in [0, 0.1) is 33.8 Å². The molecule has 2 bridgehead atoms. The van der Waals surface area contributed by atoms with Gasteiger partial charge in [0.25, 0.3) is 23.4 Å². The van der Waals surface area contributed by atoms with Gasteiger partial charge in [0.2, 0.25) is 0 Å². The molecule has 2 aromatic carbocycles. The Morgan fingerprint density at radius 3 is 2.25 bits per heavy atom. The van der Waals surface area contributed by atoms with E-state index in [0.29, 0.717) is 10.6 Å². The summed E-state index contributed by atoms with van der Waals surface area (Å²) < 4.78 is 0. The van der Waals surface area contributed by atoms with Crippen molar-refractivity contribution in [3.05, 3.63) is 86.9 Å². The Hall–Kier alpha value is -3.52. The summed E-state index contributed by atoms with van der Waals surface area (Å²) in [5, 5.41) is 13.8. The molecule has 3 amide bonds. The van der Waals surface area contributed by atoms with Crippen molar-refractivity contribution in [2.75, 3.05) is 0 Å². The summed E-state index contributed by atoms with van der Waals surface area (Å²) >= 11 is 6.29. The zero-order valence-electron chi connectivity index (χ0n) is 16.8. The quantitative estimate of drug-likeness (QED) is 0.299. The molecule has 0 aromatic heterocycles. The third-order valence-electron chi connectivity index (χ3n) is 6.53. The van der Waals surface area contributed by atoms with E-state index in [0.717, 1.165) is 16.4 Å². The average molecular weight is 452 g/mol. The molecule has 0 radical (unpaired) electrons. The van der Waals surface area contributed by atoms with Crippen LogP contribution >= 0.6 is 11.6 Å². The molecule has 1 heterocycles. The highest BCUT2D eigenvalue weighted by Crippen LogP contribution is 2.53. The Labute approximate surface area is 188 Å². The monoisotopic (exact) mass is 451 g/mol. The van der Waals surface area contributed by atoms with Crippen LogP contribution in [0.4, 0.5) is 5.69 Å². The molecule has 4 atom stereocenters. The lowest BCUT2D eigenvalue weighted by Crippen LogP contribution is -2.50. The molecule has 162 valence electrons. The van der Waals surface area contributed by atoms with Gasteiger partial charge in [0.1, 0.15) is 5.56 Å². The molecule has 8 nitrogen and oxygen atoms in total. The number of rotatable bonds is 5. The number of halogens is 1. The lowest BCUT2D eigenvalue weighted by Gasteiger charge is -2.31. The Balaban J connectivity index is 1.58. The summed E-state index contributed by atoms with van der Waals surface area (Å²) in [5.41, 5.74) is -0.0918. The minimum absolute atomic E-state index is 0.0326. The van der Waals surface area contributed by atoms with Crippen molar-refractivity contribution < 1.29 is 19.3 Å². The summed E-state index contributed by atoms with van der Waals surface area (Å²) in [5.74, 6) is -2.79. The second kappa shape index (κ2) is 7.56. The minimum Gasteiger partial charge on any atom is -0.272 e. The molecule has 2 fully saturated rings. The molecule has 0 unspecified atom stereocenters. The molecular formula is C23H18ClN3O5. The van der Waals surface area contributed by atoms with Gasteiger partial charge in [0, 0.05) is 11.1 Å². The standard InChI is InChI=1S/C23H18ClN3O5/c24-17-7-3-1-5-15(17)12-25(21(28)16-6-2-4-8-18(16)27(31)32)26-22(29)19-13-9-10-14(11-13)20(19)23(26)30/h1-10,13-14,19-20H,11-12H2/t13-,14-,19+,20+/m0/s1. The molecule has 9 heteroatoms. The van der Waals surface area contributed by atoms with E-state index in [2.05, 4.69) is 0 Å². The van der Waals surface area contributed by atoms with Crippen LogP contribution in [-0.2, 0) is 16.1 Å². The lowest BCUT2D eigenvalue weighted by molar-refractivity contribution is -0.385. The van der Waals surface area contributed by atoms with E-state index in [1.54, 1.807) is 24.3 Å². The number of hydrazine groups is 1. The van der Waals surface area contributed by atoms with Crippen molar-refractivity contribution in [3.8, 4) is 0 Å². The number of allylic oxidation sites excluding steroid dienone is 2. The predicted molar refractivity (Wildman–Crippen MR) is 114 cm³/mol. The van der Waals surface area contributed by atoms with Crippen molar-refractivity contribution in [2.45, 2.75) is 13.0 Å². The van der Waals surface area contributed by atoms with Crippen LogP contribution in [0.2, 0.25) is 5.02 Å². The van der Waals surface area contributed by atoms with Gasteiger partial charge in [-0.3, -0.25) is 24.5 Å². The fourth-order valence-corrected chi connectivity index (χ4v) is 5.29. The third-order valence-corrected chi connectivity index (χ3v) is 6.90. The number of fused-ring (bicyclic) bond motifs is 5. The van der Waals surface area contributed by atoms with Crippen LogP contribution in [-0.4, -0.2) is 32.7 Å².